The smallest absolute Gasteiger partial charge is 0.227 e. The zero-order valence-electron chi connectivity index (χ0n) is 16.6. The molecule has 3 N–H and O–H groups in total. The molecular formula is C21H22FN3O4S. The van der Waals surface area contributed by atoms with Gasteiger partial charge in [0.05, 0.1) is 28.6 Å². The summed E-state index contributed by atoms with van der Waals surface area (Å²) in [5.41, 5.74) is 5.13. The van der Waals surface area contributed by atoms with Gasteiger partial charge in [0.25, 0.3) is 0 Å². The zero-order chi connectivity index (χ0) is 22.5. The topological polar surface area (TPSA) is 130 Å². The predicted octanol–water partition coefficient (Wildman–Crippen LogP) is 2.18. The van der Waals surface area contributed by atoms with Crippen molar-refractivity contribution >= 4 is 21.7 Å². The lowest BCUT2D eigenvalue weighted by Gasteiger charge is -2.24. The maximum Gasteiger partial charge on any atom is 0.227 e. The van der Waals surface area contributed by atoms with E-state index in [1.807, 2.05) is 0 Å². The van der Waals surface area contributed by atoms with Crippen LogP contribution in [0.1, 0.15) is 20.3 Å². The lowest BCUT2D eigenvalue weighted by atomic mass is 9.94. The molecule has 2 amide bonds. The van der Waals surface area contributed by atoms with Gasteiger partial charge in [-0.05, 0) is 35.4 Å². The molecule has 1 atom stereocenters. The molecule has 2 aromatic carbocycles. The van der Waals surface area contributed by atoms with Crippen LogP contribution in [0.5, 0.6) is 0 Å². The number of carbonyl (C=O) groups excluding carboxylic acids is 2. The second kappa shape index (κ2) is 9.05. The number of nitrogens with two attached hydrogens (primary N) is 1. The molecule has 2 rings (SSSR count). The zero-order valence-corrected chi connectivity index (χ0v) is 17.4. The summed E-state index contributed by atoms with van der Waals surface area (Å²) in [6.07, 6.45) is -0.365. The molecule has 0 radical (unpaired) electrons. The Morgan fingerprint density at radius 1 is 1.10 bits per heavy atom. The molecule has 0 aliphatic heterocycles. The standard InChI is InChI=1S/C21H22FN3O4S/c1-21(2,20(27)25-17(12-23)11-19(24)26)13-30(28,29)18-9-5-15(6-10-18)14-3-7-16(22)8-4-14/h3-10,17H,11,13H2,1-2H3,(H2,24,26)(H,25,27)/t17-/m0/s1. The Kier molecular flexibility index (Phi) is 6.95. The van der Waals surface area contributed by atoms with Gasteiger partial charge in [-0.2, -0.15) is 5.26 Å². The van der Waals surface area contributed by atoms with E-state index in [9.17, 15) is 22.4 Å². The number of nitrogens with zero attached hydrogens (tertiary/aromatic N) is 1. The summed E-state index contributed by atoms with van der Waals surface area (Å²) in [5.74, 6) is -2.31. The van der Waals surface area contributed by atoms with Crippen LogP contribution in [0.25, 0.3) is 11.1 Å². The molecule has 0 aromatic heterocycles. The Bertz CT molecular complexity index is 1070. The molecule has 0 saturated carbocycles. The highest BCUT2D eigenvalue weighted by Crippen LogP contribution is 2.26. The minimum atomic E-state index is -3.83. The largest absolute Gasteiger partial charge is 0.370 e. The van der Waals surface area contributed by atoms with Crippen molar-refractivity contribution < 1.29 is 22.4 Å². The summed E-state index contributed by atoms with van der Waals surface area (Å²) >= 11 is 0. The highest BCUT2D eigenvalue weighted by atomic mass is 32.2. The van der Waals surface area contributed by atoms with Gasteiger partial charge in [-0.15, -0.1) is 0 Å². The lowest BCUT2D eigenvalue weighted by molar-refractivity contribution is -0.129. The van der Waals surface area contributed by atoms with Crippen molar-refractivity contribution in [3.05, 3.63) is 54.3 Å². The van der Waals surface area contributed by atoms with E-state index in [-0.39, 0.29) is 17.1 Å². The van der Waals surface area contributed by atoms with Crippen LogP contribution in [-0.4, -0.2) is 32.0 Å². The Morgan fingerprint density at radius 2 is 1.60 bits per heavy atom. The number of amides is 2. The second-order valence-corrected chi connectivity index (χ2v) is 9.49. The Balaban J connectivity index is 2.16. The number of rotatable bonds is 8. The maximum absolute atomic E-state index is 13.1. The minimum Gasteiger partial charge on any atom is -0.370 e. The normalized spacial score (nSPS) is 12.6. The lowest BCUT2D eigenvalue weighted by Crippen LogP contribution is -2.46. The van der Waals surface area contributed by atoms with E-state index >= 15 is 0 Å². The number of benzene rings is 2. The highest BCUT2D eigenvalue weighted by Gasteiger charge is 2.35. The van der Waals surface area contributed by atoms with Crippen molar-refractivity contribution in [1.82, 2.24) is 5.32 Å². The fraction of sp³-hybridized carbons (Fsp3) is 0.286. The second-order valence-electron chi connectivity index (χ2n) is 7.50. The fourth-order valence-electron chi connectivity index (χ4n) is 2.80. The van der Waals surface area contributed by atoms with Crippen LogP contribution in [0, 0.1) is 22.6 Å². The molecular weight excluding hydrogens is 409 g/mol. The van der Waals surface area contributed by atoms with Gasteiger partial charge in [-0.1, -0.05) is 38.1 Å². The SMILES string of the molecule is CC(C)(CS(=O)(=O)c1ccc(-c2ccc(F)cc2)cc1)C(=O)N[C@H](C#N)CC(N)=O. The third-order valence-electron chi connectivity index (χ3n) is 4.42. The molecule has 2 aromatic rings. The summed E-state index contributed by atoms with van der Waals surface area (Å²) in [6.45, 7) is 2.87. The van der Waals surface area contributed by atoms with Crippen molar-refractivity contribution in [3.63, 3.8) is 0 Å². The summed E-state index contributed by atoms with van der Waals surface area (Å²) < 4.78 is 38.7. The third-order valence-corrected chi connectivity index (χ3v) is 6.52. The highest BCUT2D eigenvalue weighted by molar-refractivity contribution is 7.91. The third kappa shape index (κ3) is 5.87. The van der Waals surface area contributed by atoms with E-state index in [2.05, 4.69) is 5.32 Å². The molecule has 0 heterocycles. The van der Waals surface area contributed by atoms with E-state index in [4.69, 9.17) is 11.0 Å². The average molecular weight is 431 g/mol. The molecule has 0 saturated heterocycles. The molecule has 9 heteroatoms. The van der Waals surface area contributed by atoms with Gasteiger partial charge in [-0.25, -0.2) is 12.8 Å². The molecule has 0 bridgehead atoms. The van der Waals surface area contributed by atoms with Gasteiger partial charge in [0.2, 0.25) is 11.8 Å². The minimum absolute atomic E-state index is 0.0307. The van der Waals surface area contributed by atoms with E-state index in [0.29, 0.717) is 5.56 Å². The van der Waals surface area contributed by atoms with Gasteiger partial charge in [0.15, 0.2) is 9.84 Å². The van der Waals surface area contributed by atoms with E-state index in [1.165, 1.54) is 38.1 Å². The van der Waals surface area contributed by atoms with Crippen LogP contribution in [0.4, 0.5) is 4.39 Å². The van der Waals surface area contributed by atoms with Gasteiger partial charge in [0, 0.05) is 0 Å². The molecule has 7 nitrogen and oxygen atoms in total. The Morgan fingerprint density at radius 3 is 2.07 bits per heavy atom. The van der Waals surface area contributed by atoms with Gasteiger partial charge >= 0.3 is 0 Å². The quantitative estimate of drug-likeness (QED) is 0.662. The average Bonchev–Trinajstić information content (AvgIpc) is 2.67. The fourth-order valence-corrected chi connectivity index (χ4v) is 4.60. The number of nitriles is 1. The van der Waals surface area contributed by atoms with Crippen molar-refractivity contribution in [3.8, 4) is 17.2 Å². The summed E-state index contributed by atoms with van der Waals surface area (Å²) in [5, 5.41) is 11.4. The number of hydrogen-bond acceptors (Lipinski definition) is 5. The summed E-state index contributed by atoms with van der Waals surface area (Å²) in [7, 11) is -3.83. The molecule has 0 spiro atoms. The van der Waals surface area contributed by atoms with Crippen LogP contribution in [0.2, 0.25) is 0 Å². The van der Waals surface area contributed by atoms with Crippen LogP contribution in [0.3, 0.4) is 0 Å². The number of nitrogens with one attached hydrogen (secondary N) is 1. The van der Waals surface area contributed by atoms with Crippen molar-refractivity contribution in [2.45, 2.75) is 31.2 Å². The number of hydrogen-bond donors (Lipinski definition) is 2. The molecule has 158 valence electrons. The number of carbonyl (C=O) groups is 2. The molecule has 30 heavy (non-hydrogen) atoms. The molecule has 0 fully saturated rings. The monoisotopic (exact) mass is 431 g/mol. The van der Waals surface area contributed by atoms with E-state index in [0.717, 1.165) is 5.56 Å². The van der Waals surface area contributed by atoms with E-state index in [1.54, 1.807) is 30.3 Å². The van der Waals surface area contributed by atoms with Crippen molar-refractivity contribution in [2.24, 2.45) is 11.1 Å². The van der Waals surface area contributed by atoms with Gasteiger partial charge in [0.1, 0.15) is 11.9 Å². The van der Waals surface area contributed by atoms with Crippen LogP contribution < -0.4 is 11.1 Å². The van der Waals surface area contributed by atoms with Crippen molar-refractivity contribution in [2.75, 3.05) is 5.75 Å². The van der Waals surface area contributed by atoms with Crippen LogP contribution in [-0.2, 0) is 19.4 Å². The number of primary amides is 1. The summed E-state index contributed by atoms with van der Waals surface area (Å²) in [6, 6.07) is 12.5. The first-order valence-corrected chi connectivity index (χ1v) is 10.7. The van der Waals surface area contributed by atoms with Crippen LogP contribution in [0.15, 0.2) is 53.4 Å². The number of halogens is 1. The summed E-state index contributed by atoms with van der Waals surface area (Å²) in [4.78, 5) is 23.5. The maximum atomic E-state index is 13.1. The molecule has 0 aliphatic rings. The Hall–Kier alpha value is -3.25. The predicted molar refractivity (Wildman–Crippen MR) is 109 cm³/mol. The van der Waals surface area contributed by atoms with Gasteiger partial charge in [-0.3, -0.25) is 9.59 Å². The van der Waals surface area contributed by atoms with Gasteiger partial charge < -0.3 is 11.1 Å². The molecule has 0 unspecified atom stereocenters. The van der Waals surface area contributed by atoms with E-state index < -0.39 is 38.9 Å². The van der Waals surface area contributed by atoms with Crippen molar-refractivity contribution in [1.29, 1.82) is 5.26 Å². The van der Waals surface area contributed by atoms with Crippen LogP contribution >= 0.6 is 0 Å². The Labute approximate surface area is 174 Å². The first kappa shape index (κ1) is 23.0. The molecule has 0 aliphatic carbocycles. The number of sulfone groups is 1. The first-order valence-electron chi connectivity index (χ1n) is 9.02. The first-order chi connectivity index (χ1) is 13.9.